The molecule has 11 heteroatoms. The van der Waals surface area contributed by atoms with Crippen LogP contribution in [0.25, 0.3) is 5.65 Å². The molecule has 20 heavy (non-hydrogen) atoms. The molecule has 0 aliphatic rings. The van der Waals surface area contributed by atoms with E-state index in [2.05, 4.69) is 4.98 Å². The van der Waals surface area contributed by atoms with Gasteiger partial charge in [0.25, 0.3) is 0 Å². The Balaban J connectivity index is 2.64. The molecule has 0 saturated heterocycles. The van der Waals surface area contributed by atoms with E-state index in [0.29, 0.717) is 5.65 Å². The zero-order valence-corrected chi connectivity index (χ0v) is 11.7. The van der Waals surface area contributed by atoms with Gasteiger partial charge in [-0.25, -0.2) is 4.98 Å². The largest absolute Gasteiger partial charge is 0.379 e. The summed E-state index contributed by atoms with van der Waals surface area (Å²) < 4.78 is 23.9. The molecule has 9 nitrogen and oxygen atoms in total. The molecule has 110 valence electrons. The molecule has 0 fully saturated rings. The highest BCUT2D eigenvalue weighted by Gasteiger charge is 2.47. The highest BCUT2D eigenvalue weighted by molar-refractivity contribution is 7.56. The molecule has 0 saturated carbocycles. The molecular formula is C9H12N2O7P2. The van der Waals surface area contributed by atoms with Gasteiger partial charge in [0.2, 0.25) is 0 Å². The van der Waals surface area contributed by atoms with Gasteiger partial charge in [0.05, 0.1) is 11.9 Å². The molecule has 2 aromatic rings. The van der Waals surface area contributed by atoms with Gasteiger partial charge < -0.3 is 29.1 Å². The molecule has 0 aromatic carbocycles. The third-order valence-electron chi connectivity index (χ3n) is 2.74. The molecule has 5 N–H and O–H groups in total. The monoisotopic (exact) mass is 322 g/mol. The Morgan fingerprint density at radius 3 is 2.30 bits per heavy atom. The Kier molecular flexibility index (Phi) is 3.88. The Bertz CT molecular complexity index is 718. The molecule has 0 aliphatic carbocycles. The van der Waals surface area contributed by atoms with E-state index in [-0.39, 0.29) is 5.69 Å². The van der Waals surface area contributed by atoms with Crippen molar-refractivity contribution >= 4 is 20.8 Å². The van der Waals surface area contributed by atoms with Gasteiger partial charge in [0, 0.05) is 6.20 Å². The van der Waals surface area contributed by atoms with Gasteiger partial charge in [0.1, 0.15) is 11.3 Å². The smallest absolute Gasteiger partial charge is 0.355 e. The van der Waals surface area contributed by atoms with Crippen LogP contribution in [0.15, 0.2) is 30.6 Å². The molecule has 2 unspecified atom stereocenters. The van der Waals surface area contributed by atoms with Gasteiger partial charge in [-0.1, -0.05) is 6.07 Å². The van der Waals surface area contributed by atoms with Gasteiger partial charge >= 0.3 is 15.2 Å². The predicted octanol–water partition coefficient (Wildman–Crippen LogP) is 0.0492. The third kappa shape index (κ3) is 2.84. The molecule has 0 spiro atoms. The van der Waals surface area contributed by atoms with Crippen molar-refractivity contribution < 1.29 is 33.8 Å². The molecule has 0 amide bonds. The normalized spacial score (nSPS) is 16.2. The minimum Gasteiger partial charge on any atom is -0.379 e. The van der Waals surface area contributed by atoms with Crippen LogP contribution in [0.1, 0.15) is 11.4 Å². The van der Waals surface area contributed by atoms with Crippen LogP contribution in [0.2, 0.25) is 0 Å². The fourth-order valence-electron chi connectivity index (χ4n) is 1.85. The van der Waals surface area contributed by atoms with Gasteiger partial charge in [-0.05, 0) is 12.1 Å². The number of aliphatic hydroxyl groups is 1. The Morgan fingerprint density at radius 2 is 1.75 bits per heavy atom. The van der Waals surface area contributed by atoms with Crippen molar-refractivity contribution in [3.05, 3.63) is 36.3 Å². The van der Waals surface area contributed by atoms with E-state index in [0.717, 1.165) is 6.20 Å². The first-order valence-electron chi connectivity index (χ1n) is 5.33. The summed E-state index contributed by atoms with van der Waals surface area (Å²) >= 11 is 0. The van der Waals surface area contributed by atoms with Gasteiger partial charge in [-0.2, -0.15) is 0 Å². The molecule has 2 aromatic heterocycles. The van der Waals surface area contributed by atoms with Crippen molar-refractivity contribution in [3.8, 4) is 0 Å². The minimum atomic E-state index is -5.11. The zero-order valence-electron chi connectivity index (χ0n) is 9.88. The summed E-state index contributed by atoms with van der Waals surface area (Å²) in [5.41, 5.74) is -1.91. The lowest BCUT2D eigenvalue weighted by molar-refractivity contribution is 0.183. The summed E-state index contributed by atoms with van der Waals surface area (Å²) in [5.74, 6) is -2.52. The van der Waals surface area contributed by atoms with Crippen molar-refractivity contribution in [2.24, 2.45) is 0 Å². The topological polar surface area (TPSA) is 153 Å². The van der Waals surface area contributed by atoms with Crippen molar-refractivity contribution in [2.45, 2.75) is 11.5 Å². The first-order chi connectivity index (χ1) is 9.12. The Morgan fingerprint density at radius 1 is 1.10 bits per heavy atom. The van der Waals surface area contributed by atoms with E-state index < -0.39 is 26.7 Å². The average molecular weight is 322 g/mol. The molecule has 0 aliphatic heterocycles. The van der Waals surface area contributed by atoms with Crippen molar-refractivity contribution in [1.82, 2.24) is 9.38 Å². The number of rotatable bonds is 4. The number of hydrogen-bond donors (Lipinski definition) is 5. The van der Waals surface area contributed by atoms with Crippen LogP contribution in [0.5, 0.6) is 0 Å². The van der Waals surface area contributed by atoms with E-state index in [1.54, 1.807) is 18.2 Å². The molecule has 2 atom stereocenters. The molecule has 0 radical (unpaired) electrons. The maximum atomic E-state index is 11.5. The summed E-state index contributed by atoms with van der Waals surface area (Å²) in [6, 6.07) is 4.74. The van der Waals surface area contributed by atoms with E-state index in [4.69, 9.17) is 9.79 Å². The minimum absolute atomic E-state index is 0.176. The average Bonchev–Trinajstić information content (AvgIpc) is 2.70. The second-order valence-electron chi connectivity index (χ2n) is 4.15. The molecule has 0 bridgehead atoms. The van der Waals surface area contributed by atoms with Crippen LogP contribution in [-0.4, -0.2) is 39.9 Å². The van der Waals surface area contributed by atoms with Crippen LogP contribution in [-0.2, 0) is 9.13 Å². The summed E-state index contributed by atoms with van der Waals surface area (Å²) in [6.45, 7) is 0. The number of nitrogens with zero attached hydrogens (tertiary/aromatic N) is 2. The van der Waals surface area contributed by atoms with E-state index >= 15 is 0 Å². The van der Waals surface area contributed by atoms with Crippen molar-refractivity contribution in [2.75, 3.05) is 0 Å². The highest BCUT2D eigenvalue weighted by Crippen LogP contribution is 2.61. The Hall–Kier alpha value is -1.05. The van der Waals surface area contributed by atoms with Crippen LogP contribution < -0.4 is 0 Å². The van der Waals surface area contributed by atoms with E-state index in [9.17, 15) is 24.0 Å². The number of aromatic nitrogens is 2. The number of aliphatic hydroxyl groups excluding tert-OH is 1. The second kappa shape index (κ2) is 5.05. The number of imidazole rings is 1. The standard InChI is InChI=1S/C9H12N2O7P2/c12-9(20(16,17)18)8(19(13,14)15)6-5-10-7-3-1-2-4-11(6)7/h1-5,8-9,12H,(H2,13,14,15)(H2,16,17,18). The fraction of sp³-hybridized carbons (Fsp3) is 0.222. The third-order valence-corrected chi connectivity index (χ3v) is 5.23. The summed E-state index contributed by atoms with van der Waals surface area (Å²) in [4.78, 5) is 40.4. The van der Waals surface area contributed by atoms with Crippen molar-refractivity contribution in [3.63, 3.8) is 0 Å². The van der Waals surface area contributed by atoms with Crippen LogP contribution in [0, 0.1) is 0 Å². The number of hydrogen-bond acceptors (Lipinski definition) is 4. The van der Waals surface area contributed by atoms with Gasteiger partial charge in [0.15, 0.2) is 5.85 Å². The summed E-state index contributed by atoms with van der Waals surface area (Å²) in [6.07, 6.45) is 2.49. The first kappa shape index (κ1) is 15.3. The summed E-state index contributed by atoms with van der Waals surface area (Å²) in [7, 11) is -10.1. The molecule has 2 rings (SSSR count). The highest BCUT2D eigenvalue weighted by atomic mass is 31.2. The SMILES string of the molecule is O=P(O)(O)C(O)C(c1cnc2ccccn12)P(=O)(O)O. The number of fused-ring (bicyclic) bond motifs is 1. The first-order valence-corrected chi connectivity index (χ1v) is 8.69. The number of pyridine rings is 1. The van der Waals surface area contributed by atoms with Gasteiger partial charge in [-0.15, -0.1) is 0 Å². The van der Waals surface area contributed by atoms with Crippen LogP contribution >= 0.6 is 15.2 Å². The van der Waals surface area contributed by atoms with E-state index in [1.165, 1.54) is 10.6 Å². The quantitative estimate of drug-likeness (QED) is 0.495. The zero-order chi connectivity index (χ0) is 15.1. The maximum Gasteiger partial charge on any atom is 0.355 e. The van der Waals surface area contributed by atoms with Crippen molar-refractivity contribution in [1.29, 1.82) is 0 Å². The summed E-state index contributed by atoms with van der Waals surface area (Å²) in [5, 5.41) is 9.62. The van der Waals surface area contributed by atoms with Crippen LogP contribution in [0.3, 0.4) is 0 Å². The predicted molar refractivity (Wildman–Crippen MR) is 68.0 cm³/mol. The lowest BCUT2D eigenvalue weighted by atomic mass is 10.3. The van der Waals surface area contributed by atoms with Gasteiger partial charge in [-0.3, -0.25) is 9.13 Å². The lowest BCUT2D eigenvalue weighted by Crippen LogP contribution is -2.20. The molecular weight excluding hydrogens is 310 g/mol. The fourth-order valence-corrected chi connectivity index (χ4v) is 4.30. The van der Waals surface area contributed by atoms with Crippen LogP contribution in [0.4, 0.5) is 0 Å². The van der Waals surface area contributed by atoms with E-state index in [1.807, 2.05) is 0 Å². The second-order valence-corrected chi connectivity index (χ2v) is 7.59. The Labute approximate surface area is 112 Å². The lowest BCUT2D eigenvalue weighted by Gasteiger charge is -2.24. The molecule has 2 heterocycles. The maximum absolute atomic E-state index is 11.5.